The number of aliphatic hydroxyl groups is 1. The van der Waals surface area contributed by atoms with Crippen molar-refractivity contribution >= 4 is 0 Å². The van der Waals surface area contributed by atoms with Gasteiger partial charge in [-0.2, -0.15) is 0 Å². The first-order chi connectivity index (χ1) is 8.77. The van der Waals surface area contributed by atoms with Crippen LogP contribution in [0.3, 0.4) is 0 Å². The van der Waals surface area contributed by atoms with Crippen molar-refractivity contribution in [3.8, 4) is 0 Å². The Morgan fingerprint density at radius 2 is 2.17 bits per heavy atom. The molecule has 1 aliphatic heterocycles. The summed E-state index contributed by atoms with van der Waals surface area (Å²) in [6.45, 7) is 2.82. The van der Waals surface area contributed by atoms with Gasteiger partial charge in [-0.3, -0.25) is 4.98 Å². The number of rotatable bonds is 2. The molecule has 0 radical (unpaired) electrons. The van der Waals surface area contributed by atoms with Crippen LogP contribution in [0.2, 0.25) is 0 Å². The van der Waals surface area contributed by atoms with Gasteiger partial charge < -0.3 is 10.4 Å². The summed E-state index contributed by atoms with van der Waals surface area (Å²) in [5.74, 6) is 0. The Hall–Kier alpha value is -1.71. The van der Waals surface area contributed by atoms with E-state index in [1.807, 2.05) is 25.1 Å². The Bertz CT molecular complexity index is 568. The number of pyridine rings is 1. The summed E-state index contributed by atoms with van der Waals surface area (Å²) < 4.78 is 0. The maximum absolute atomic E-state index is 10.5. The van der Waals surface area contributed by atoms with Crippen LogP contribution >= 0.6 is 0 Å². The van der Waals surface area contributed by atoms with Crippen LogP contribution in [0.25, 0.3) is 0 Å². The van der Waals surface area contributed by atoms with Gasteiger partial charge in [0.15, 0.2) is 0 Å². The van der Waals surface area contributed by atoms with E-state index in [0.29, 0.717) is 0 Å². The van der Waals surface area contributed by atoms with Crippen molar-refractivity contribution in [3.63, 3.8) is 0 Å². The maximum Gasteiger partial charge on any atom is 0.100 e. The fourth-order valence-electron chi connectivity index (χ4n) is 2.58. The van der Waals surface area contributed by atoms with Crippen molar-refractivity contribution in [2.45, 2.75) is 25.6 Å². The zero-order chi connectivity index (χ0) is 12.5. The fourth-order valence-corrected chi connectivity index (χ4v) is 2.58. The number of aliphatic hydroxyl groups excluding tert-OH is 1. The molecule has 1 aromatic heterocycles. The average Bonchev–Trinajstić information content (AvgIpc) is 2.82. The normalized spacial score (nSPS) is 19.6. The van der Waals surface area contributed by atoms with Gasteiger partial charge in [-0.25, -0.2) is 0 Å². The smallest absolute Gasteiger partial charge is 0.100 e. The van der Waals surface area contributed by atoms with Crippen LogP contribution < -0.4 is 5.32 Å². The lowest BCUT2D eigenvalue weighted by Gasteiger charge is -2.21. The van der Waals surface area contributed by atoms with Crippen LogP contribution in [0.4, 0.5) is 0 Å². The largest absolute Gasteiger partial charge is 0.386 e. The molecule has 0 saturated carbocycles. The van der Waals surface area contributed by atoms with E-state index in [2.05, 4.69) is 22.4 Å². The van der Waals surface area contributed by atoms with Crippen molar-refractivity contribution in [2.24, 2.45) is 0 Å². The quantitative estimate of drug-likeness (QED) is 0.846. The van der Waals surface area contributed by atoms with E-state index in [9.17, 15) is 5.11 Å². The first kappa shape index (κ1) is 11.4. The SMILES string of the molecule is Cc1ccncc1C(O)C1NCc2ccccc21. The number of nitrogens with zero attached hydrogens (tertiary/aromatic N) is 1. The van der Waals surface area contributed by atoms with Crippen molar-refractivity contribution in [1.82, 2.24) is 10.3 Å². The molecule has 18 heavy (non-hydrogen) atoms. The molecule has 3 nitrogen and oxygen atoms in total. The van der Waals surface area contributed by atoms with Crippen molar-refractivity contribution in [1.29, 1.82) is 0 Å². The molecule has 3 heteroatoms. The lowest BCUT2D eigenvalue weighted by Crippen LogP contribution is -2.21. The number of aryl methyl sites for hydroxylation is 1. The van der Waals surface area contributed by atoms with Crippen molar-refractivity contribution < 1.29 is 5.11 Å². The average molecular weight is 240 g/mol. The zero-order valence-corrected chi connectivity index (χ0v) is 10.3. The Morgan fingerprint density at radius 1 is 1.33 bits per heavy atom. The molecule has 0 saturated heterocycles. The third-order valence-electron chi connectivity index (χ3n) is 3.62. The molecule has 0 fully saturated rings. The van der Waals surface area contributed by atoms with Crippen molar-refractivity contribution in [2.75, 3.05) is 0 Å². The monoisotopic (exact) mass is 240 g/mol. The van der Waals surface area contributed by atoms with E-state index in [1.165, 1.54) is 11.1 Å². The van der Waals surface area contributed by atoms with Gasteiger partial charge in [0.1, 0.15) is 6.10 Å². The number of benzene rings is 1. The molecule has 92 valence electrons. The van der Waals surface area contributed by atoms with Gasteiger partial charge in [0, 0.05) is 24.5 Å². The molecule has 2 heterocycles. The summed E-state index contributed by atoms with van der Waals surface area (Å²) in [5.41, 5.74) is 4.42. The topological polar surface area (TPSA) is 45.2 Å². The summed E-state index contributed by atoms with van der Waals surface area (Å²) in [4.78, 5) is 4.11. The second-order valence-corrected chi connectivity index (χ2v) is 4.73. The third-order valence-corrected chi connectivity index (χ3v) is 3.62. The van der Waals surface area contributed by atoms with Crippen LogP contribution in [0.15, 0.2) is 42.7 Å². The molecule has 2 atom stereocenters. The molecular weight excluding hydrogens is 224 g/mol. The maximum atomic E-state index is 10.5. The second kappa shape index (κ2) is 4.52. The molecule has 0 spiro atoms. The third kappa shape index (κ3) is 1.82. The standard InChI is InChI=1S/C15H16N2O/c1-10-6-7-16-9-13(10)15(18)14-12-5-3-2-4-11(12)8-17-14/h2-7,9,14-15,17-18H,8H2,1H3. The highest BCUT2D eigenvalue weighted by molar-refractivity contribution is 5.37. The molecular formula is C15H16N2O. The molecule has 0 aliphatic carbocycles. The van der Waals surface area contributed by atoms with Gasteiger partial charge in [-0.1, -0.05) is 24.3 Å². The van der Waals surface area contributed by atoms with Gasteiger partial charge >= 0.3 is 0 Å². The number of aromatic nitrogens is 1. The summed E-state index contributed by atoms with van der Waals surface area (Å²) in [6, 6.07) is 10.1. The first-order valence-corrected chi connectivity index (χ1v) is 6.17. The predicted molar refractivity (Wildman–Crippen MR) is 70.0 cm³/mol. The molecule has 3 rings (SSSR count). The van der Waals surface area contributed by atoms with Crippen LogP contribution in [0.5, 0.6) is 0 Å². The molecule has 1 aromatic carbocycles. The van der Waals surface area contributed by atoms with Crippen molar-refractivity contribution in [3.05, 3.63) is 65.0 Å². The summed E-state index contributed by atoms with van der Waals surface area (Å²) >= 11 is 0. The molecule has 0 amide bonds. The summed E-state index contributed by atoms with van der Waals surface area (Å²) in [5, 5.41) is 13.9. The number of fused-ring (bicyclic) bond motifs is 1. The van der Waals surface area contributed by atoms with Gasteiger partial charge in [-0.05, 0) is 29.7 Å². The van der Waals surface area contributed by atoms with Gasteiger partial charge in [-0.15, -0.1) is 0 Å². The van der Waals surface area contributed by atoms with Crippen LogP contribution in [-0.4, -0.2) is 10.1 Å². The lowest BCUT2D eigenvalue weighted by molar-refractivity contribution is 0.132. The summed E-state index contributed by atoms with van der Waals surface area (Å²) in [6.07, 6.45) is 2.95. The zero-order valence-electron chi connectivity index (χ0n) is 10.3. The highest BCUT2D eigenvalue weighted by Crippen LogP contribution is 2.35. The van der Waals surface area contributed by atoms with Crippen LogP contribution in [0.1, 0.15) is 34.4 Å². The highest BCUT2D eigenvalue weighted by atomic mass is 16.3. The van der Waals surface area contributed by atoms with Crippen LogP contribution in [0, 0.1) is 6.92 Å². The van der Waals surface area contributed by atoms with Gasteiger partial charge in [0.25, 0.3) is 0 Å². The van der Waals surface area contributed by atoms with E-state index in [0.717, 1.165) is 17.7 Å². The van der Waals surface area contributed by atoms with Gasteiger partial charge in [0.2, 0.25) is 0 Å². The Morgan fingerprint density at radius 3 is 3.00 bits per heavy atom. The van der Waals surface area contributed by atoms with E-state index in [-0.39, 0.29) is 6.04 Å². The fraction of sp³-hybridized carbons (Fsp3) is 0.267. The lowest BCUT2D eigenvalue weighted by atomic mass is 9.95. The molecule has 2 unspecified atom stereocenters. The molecule has 2 N–H and O–H groups in total. The number of hydrogen-bond acceptors (Lipinski definition) is 3. The van der Waals surface area contributed by atoms with E-state index in [1.54, 1.807) is 12.4 Å². The first-order valence-electron chi connectivity index (χ1n) is 6.17. The minimum atomic E-state index is -0.553. The van der Waals surface area contributed by atoms with Crippen LogP contribution in [-0.2, 0) is 6.54 Å². The second-order valence-electron chi connectivity index (χ2n) is 4.73. The minimum absolute atomic E-state index is 0.0379. The van der Waals surface area contributed by atoms with Gasteiger partial charge in [0.05, 0.1) is 6.04 Å². The highest BCUT2D eigenvalue weighted by Gasteiger charge is 2.29. The Kier molecular flexibility index (Phi) is 2.86. The molecule has 0 bridgehead atoms. The minimum Gasteiger partial charge on any atom is -0.386 e. The molecule has 2 aromatic rings. The Balaban J connectivity index is 1.96. The number of nitrogens with one attached hydrogen (secondary N) is 1. The Labute approximate surface area is 107 Å². The predicted octanol–water partition coefficient (Wildman–Crippen LogP) is 2.27. The van der Waals surface area contributed by atoms with E-state index < -0.39 is 6.10 Å². The van der Waals surface area contributed by atoms with E-state index >= 15 is 0 Å². The summed E-state index contributed by atoms with van der Waals surface area (Å²) in [7, 11) is 0. The van der Waals surface area contributed by atoms with E-state index in [4.69, 9.17) is 0 Å². The number of hydrogen-bond donors (Lipinski definition) is 2. The molecule has 1 aliphatic rings.